The van der Waals surface area contributed by atoms with E-state index in [9.17, 15) is 0 Å². The zero-order chi connectivity index (χ0) is 9.26. The maximum atomic E-state index is 5.00. The van der Waals surface area contributed by atoms with E-state index in [1.165, 1.54) is 0 Å². The second-order valence-electron chi connectivity index (χ2n) is 2.59. The lowest BCUT2D eigenvalue weighted by Gasteiger charge is -1.99. The third kappa shape index (κ3) is 1.94. The summed E-state index contributed by atoms with van der Waals surface area (Å²) in [5.41, 5.74) is 0. The van der Waals surface area contributed by atoms with E-state index in [4.69, 9.17) is 3.07 Å². The van der Waals surface area contributed by atoms with Crippen molar-refractivity contribution in [1.29, 1.82) is 0 Å². The van der Waals surface area contributed by atoms with Crippen molar-refractivity contribution in [1.82, 2.24) is 4.98 Å². The highest BCUT2D eigenvalue weighted by molar-refractivity contribution is 14.1. The average molecular weight is 350 g/mol. The number of aromatic nitrogens is 1. The van der Waals surface area contributed by atoms with Gasteiger partial charge in [-0.1, -0.05) is 22.0 Å². The number of pyridine rings is 1. The standard InChI is InChI=1S/C9H5BrINO/c10-8-2-1-6-4-9(13-11)12-5-7(6)3-8/h1-5H. The molecule has 1 heterocycles. The monoisotopic (exact) mass is 349 g/mol. The van der Waals surface area contributed by atoms with Crippen molar-refractivity contribution in [3.8, 4) is 5.88 Å². The van der Waals surface area contributed by atoms with Gasteiger partial charge in [0.2, 0.25) is 5.88 Å². The van der Waals surface area contributed by atoms with Gasteiger partial charge in [-0.2, -0.15) is 0 Å². The third-order valence-corrected chi connectivity index (χ3v) is 2.68. The van der Waals surface area contributed by atoms with E-state index in [0.717, 1.165) is 15.2 Å². The molecule has 0 saturated heterocycles. The number of hydrogen-bond acceptors (Lipinski definition) is 2. The van der Waals surface area contributed by atoms with Gasteiger partial charge in [-0.3, -0.25) is 0 Å². The fourth-order valence-electron chi connectivity index (χ4n) is 1.13. The summed E-state index contributed by atoms with van der Waals surface area (Å²) in [5.74, 6) is 0.635. The molecule has 2 rings (SSSR count). The Morgan fingerprint density at radius 2 is 2.08 bits per heavy atom. The molecular weight excluding hydrogens is 345 g/mol. The Bertz CT molecular complexity index is 447. The predicted octanol–water partition coefficient (Wildman–Crippen LogP) is 3.73. The number of halogens is 2. The zero-order valence-corrected chi connectivity index (χ0v) is 10.2. The highest BCUT2D eigenvalue weighted by Crippen LogP contribution is 2.22. The highest BCUT2D eigenvalue weighted by atomic mass is 127. The van der Waals surface area contributed by atoms with Crippen molar-refractivity contribution in [3.63, 3.8) is 0 Å². The molecule has 66 valence electrons. The molecule has 0 spiro atoms. The first-order valence-corrected chi connectivity index (χ1v) is 5.31. The lowest BCUT2D eigenvalue weighted by Crippen LogP contribution is -1.81. The predicted molar refractivity (Wildman–Crippen MR) is 64.1 cm³/mol. The lowest BCUT2D eigenvalue weighted by atomic mass is 10.2. The molecule has 2 aromatic rings. The molecule has 0 bridgehead atoms. The molecule has 2 nitrogen and oxygen atoms in total. The van der Waals surface area contributed by atoms with Gasteiger partial charge >= 0.3 is 0 Å². The van der Waals surface area contributed by atoms with E-state index in [2.05, 4.69) is 20.9 Å². The summed E-state index contributed by atoms with van der Waals surface area (Å²) < 4.78 is 6.06. The summed E-state index contributed by atoms with van der Waals surface area (Å²) in [7, 11) is 0. The van der Waals surface area contributed by atoms with Gasteiger partial charge in [0.15, 0.2) is 23.0 Å². The Balaban J connectivity index is 2.66. The minimum atomic E-state index is 0.635. The lowest BCUT2D eigenvalue weighted by molar-refractivity contribution is 0.683. The van der Waals surface area contributed by atoms with Crippen LogP contribution in [0.25, 0.3) is 10.8 Å². The van der Waals surface area contributed by atoms with E-state index >= 15 is 0 Å². The van der Waals surface area contributed by atoms with Gasteiger partial charge in [0.05, 0.1) is 0 Å². The highest BCUT2D eigenvalue weighted by Gasteiger charge is 1.98. The van der Waals surface area contributed by atoms with Crippen LogP contribution in [0.4, 0.5) is 0 Å². The van der Waals surface area contributed by atoms with E-state index < -0.39 is 0 Å². The molecule has 0 radical (unpaired) electrons. The number of fused-ring (bicyclic) bond motifs is 1. The van der Waals surface area contributed by atoms with Crippen LogP contribution >= 0.6 is 38.9 Å². The molecule has 0 aliphatic carbocycles. The van der Waals surface area contributed by atoms with Crippen LogP contribution in [0.3, 0.4) is 0 Å². The Hall–Kier alpha value is -0.360. The van der Waals surface area contributed by atoms with Crippen molar-refractivity contribution >= 4 is 49.7 Å². The minimum absolute atomic E-state index is 0.635. The largest absolute Gasteiger partial charge is 0.408 e. The van der Waals surface area contributed by atoms with Crippen molar-refractivity contribution in [2.45, 2.75) is 0 Å². The van der Waals surface area contributed by atoms with Crippen LogP contribution in [0.1, 0.15) is 0 Å². The first kappa shape index (κ1) is 9.21. The summed E-state index contributed by atoms with van der Waals surface area (Å²) in [6.07, 6.45) is 1.80. The molecule has 13 heavy (non-hydrogen) atoms. The number of nitrogens with zero attached hydrogens (tertiary/aromatic N) is 1. The third-order valence-electron chi connectivity index (χ3n) is 1.74. The number of hydrogen-bond donors (Lipinski definition) is 0. The molecule has 0 unspecified atom stereocenters. The molecule has 0 fully saturated rings. The van der Waals surface area contributed by atoms with Crippen LogP contribution in [0.5, 0.6) is 5.88 Å². The molecule has 0 saturated carbocycles. The summed E-state index contributed by atoms with van der Waals surface area (Å²) in [4.78, 5) is 4.12. The molecule has 4 heteroatoms. The molecule has 0 N–H and O–H groups in total. The summed E-state index contributed by atoms with van der Waals surface area (Å²) in [6, 6.07) is 7.97. The molecule has 0 amide bonds. The fourth-order valence-corrected chi connectivity index (χ4v) is 1.75. The maximum Gasteiger partial charge on any atom is 0.225 e. The Morgan fingerprint density at radius 1 is 1.23 bits per heavy atom. The van der Waals surface area contributed by atoms with Crippen molar-refractivity contribution < 1.29 is 3.07 Å². The van der Waals surface area contributed by atoms with E-state index in [1.54, 1.807) is 6.20 Å². The number of rotatable bonds is 1. The number of benzene rings is 1. The summed E-state index contributed by atoms with van der Waals surface area (Å²) in [6.45, 7) is 0. The van der Waals surface area contributed by atoms with Crippen LogP contribution in [0, 0.1) is 0 Å². The molecular formula is C9H5BrINO. The van der Waals surface area contributed by atoms with Crippen molar-refractivity contribution in [2.24, 2.45) is 0 Å². The SMILES string of the molecule is Brc1ccc2cc(OI)ncc2c1. The topological polar surface area (TPSA) is 22.1 Å². The fraction of sp³-hybridized carbons (Fsp3) is 0. The molecule has 0 aliphatic rings. The summed E-state index contributed by atoms with van der Waals surface area (Å²) in [5, 5.41) is 2.23. The Morgan fingerprint density at radius 3 is 2.85 bits per heavy atom. The van der Waals surface area contributed by atoms with Crippen molar-refractivity contribution in [2.75, 3.05) is 0 Å². The van der Waals surface area contributed by atoms with Crippen LogP contribution in [0.2, 0.25) is 0 Å². The van der Waals surface area contributed by atoms with Crippen LogP contribution in [0.15, 0.2) is 34.9 Å². The van der Waals surface area contributed by atoms with E-state index in [1.807, 2.05) is 47.3 Å². The Labute approximate surface area is 98.1 Å². The quantitative estimate of drug-likeness (QED) is 0.732. The summed E-state index contributed by atoms with van der Waals surface area (Å²) >= 11 is 5.23. The maximum absolute atomic E-state index is 5.00. The van der Waals surface area contributed by atoms with Gasteiger partial charge in [-0.05, 0) is 17.5 Å². The van der Waals surface area contributed by atoms with Crippen molar-refractivity contribution in [3.05, 3.63) is 34.9 Å². The second-order valence-corrected chi connectivity index (χ2v) is 3.95. The van der Waals surface area contributed by atoms with E-state index in [-0.39, 0.29) is 0 Å². The first-order chi connectivity index (χ1) is 6.29. The van der Waals surface area contributed by atoms with Gasteiger partial charge in [-0.25, -0.2) is 4.98 Å². The van der Waals surface area contributed by atoms with Gasteiger partial charge in [0.1, 0.15) is 0 Å². The van der Waals surface area contributed by atoms with Gasteiger partial charge < -0.3 is 3.07 Å². The van der Waals surface area contributed by atoms with E-state index in [0.29, 0.717) is 5.88 Å². The van der Waals surface area contributed by atoms with Gasteiger partial charge in [0, 0.05) is 22.1 Å². The van der Waals surface area contributed by atoms with Crippen LogP contribution in [-0.2, 0) is 0 Å². The Kier molecular flexibility index (Phi) is 2.69. The molecule has 1 aromatic heterocycles. The molecule has 1 aromatic carbocycles. The van der Waals surface area contributed by atoms with Gasteiger partial charge in [-0.15, -0.1) is 0 Å². The average Bonchev–Trinajstić information content (AvgIpc) is 2.17. The normalized spacial score (nSPS) is 10.3. The molecule has 0 aliphatic heterocycles. The molecule has 0 atom stereocenters. The zero-order valence-electron chi connectivity index (χ0n) is 6.50. The van der Waals surface area contributed by atoms with Gasteiger partial charge in [0.25, 0.3) is 0 Å². The van der Waals surface area contributed by atoms with Crippen LogP contribution < -0.4 is 3.07 Å². The smallest absolute Gasteiger partial charge is 0.225 e. The first-order valence-electron chi connectivity index (χ1n) is 3.63. The minimum Gasteiger partial charge on any atom is -0.408 e. The second kappa shape index (κ2) is 3.79. The van der Waals surface area contributed by atoms with Crippen LogP contribution in [-0.4, -0.2) is 4.98 Å².